The Morgan fingerprint density at radius 2 is 1.57 bits per heavy atom. The molecule has 152 valence electrons. The number of anilines is 2. The summed E-state index contributed by atoms with van der Waals surface area (Å²) >= 11 is 5.91. The quantitative estimate of drug-likeness (QED) is 0.694. The molecular formula is C23H21ClN4O2. The Balaban J connectivity index is 1.44. The molecule has 1 saturated heterocycles. The second kappa shape index (κ2) is 8.97. The highest BCUT2D eigenvalue weighted by molar-refractivity contribution is 6.30. The fourth-order valence-corrected chi connectivity index (χ4v) is 3.54. The summed E-state index contributed by atoms with van der Waals surface area (Å²) in [6.45, 7) is 2.51. The Hall–Kier alpha value is -3.38. The van der Waals surface area contributed by atoms with Gasteiger partial charge in [-0.05, 0) is 36.4 Å². The number of rotatable bonds is 4. The number of nitrogens with one attached hydrogen (secondary N) is 1. The Labute approximate surface area is 180 Å². The van der Waals surface area contributed by atoms with Gasteiger partial charge < -0.3 is 15.1 Å². The van der Waals surface area contributed by atoms with Crippen LogP contribution in [-0.2, 0) is 0 Å². The third kappa shape index (κ3) is 4.44. The van der Waals surface area contributed by atoms with E-state index in [2.05, 4.69) is 15.2 Å². The fourth-order valence-electron chi connectivity index (χ4n) is 3.43. The number of nitrogens with zero attached hydrogens (tertiary/aromatic N) is 3. The van der Waals surface area contributed by atoms with E-state index in [1.54, 1.807) is 53.6 Å². The zero-order chi connectivity index (χ0) is 20.9. The van der Waals surface area contributed by atoms with E-state index in [1.807, 2.05) is 24.3 Å². The van der Waals surface area contributed by atoms with Crippen LogP contribution in [0.15, 0.2) is 72.9 Å². The second-order valence-corrected chi connectivity index (χ2v) is 7.42. The first-order chi connectivity index (χ1) is 14.6. The molecule has 0 spiro atoms. The van der Waals surface area contributed by atoms with Gasteiger partial charge in [-0.3, -0.25) is 9.59 Å². The van der Waals surface area contributed by atoms with Gasteiger partial charge in [-0.15, -0.1) is 0 Å². The lowest BCUT2D eigenvalue weighted by Gasteiger charge is -2.35. The Kier molecular flexibility index (Phi) is 5.95. The number of carbonyl (C=O) groups excluding carboxylic acids is 2. The third-order valence-electron chi connectivity index (χ3n) is 5.04. The zero-order valence-electron chi connectivity index (χ0n) is 16.3. The maximum absolute atomic E-state index is 13.1. The highest BCUT2D eigenvalue weighted by atomic mass is 35.5. The summed E-state index contributed by atoms with van der Waals surface area (Å²) in [5, 5.41) is 3.47. The van der Waals surface area contributed by atoms with Crippen LogP contribution >= 0.6 is 11.6 Å². The number of para-hydroxylation sites is 1. The molecule has 0 saturated carbocycles. The summed E-state index contributed by atoms with van der Waals surface area (Å²) in [4.78, 5) is 34.0. The zero-order valence-corrected chi connectivity index (χ0v) is 17.0. The van der Waals surface area contributed by atoms with Crippen molar-refractivity contribution in [1.82, 2.24) is 9.88 Å². The van der Waals surface area contributed by atoms with Gasteiger partial charge in [-0.1, -0.05) is 41.9 Å². The van der Waals surface area contributed by atoms with E-state index in [0.717, 1.165) is 5.82 Å². The monoisotopic (exact) mass is 420 g/mol. The lowest BCUT2D eigenvalue weighted by atomic mass is 10.1. The van der Waals surface area contributed by atoms with Crippen molar-refractivity contribution < 1.29 is 9.59 Å². The number of hydrogen-bond donors (Lipinski definition) is 1. The van der Waals surface area contributed by atoms with Crippen LogP contribution in [0.2, 0.25) is 5.02 Å². The maximum atomic E-state index is 13.1. The molecule has 0 bridgehead atoms. The van der Waals surface area contributed by atoms with Crippen molar-refractivity contribution in [2.45, 2.75) is 0 Å². The molecule has 3 aromatic rings. The fraction of sp³-hybridized carbons (Fsp3) is 0.174. The average Bonchev–Trinajstić information content (AvgIpc) is 2.80. The molecule has 1 fully saturated rings. The van der Waals surface area contributed by atoms with Crippen LogP contribution < -0.4 is 10.2 Å². The maximum Gasteiger partial charge on any atom is 0.256 e. The molecule has 2 amide bonds. The summed E-state index contributed by atoms with van der Waals surface area (Å²) in [5.74, 6) is 0.513. The minimum atomic E-state index is -0.241. The minimum absolute atomic E-state index is 0.0947. The van der Waals surface area contributed by atoms with Crippen LogP contribution in [0.4, 0.5) is 11.5 Å². The molecule has 4 rings (SSSR count). The lowest BCUT2D eigenvalue weighted by molar-refractivity contribution is 0.0747. The van der Waals surface area contributed by atoms with Gasteiger partial charge in [0.05, 0.1) is 16.3 Å². The van der Waals surface area contributed by atoms with E-state index in [0.29, 0.717) is 48.0 Å². The van der Waals surface area contributed by atoms with Gasteiger partial charge in [0.2, 0.25) is 0 Å². The molecule has 1 N–H and O–H groups in total. The molecule has 0 unspecified atom stereocenters. The van der Waals surface area contributed by atoms with Gasteiger partial charge in [0.25, 0.3) is 11.8 Å². The number of pyridine rings is 1. The van der Waals surface area contributed by atoms with E-state index < -0.39 is 0 Å². The molecule has 1 aliphatic rings. The van der Waals surface area contributed by atoms with E-state index in [9.17, 15) is 9.59 Å². The third-order valence-corrected chi connectivity index (χ3v) is 5.27. The molecule has 30 heavy (non-hydrogen) atoms. The molecule has 6 nitrogen and oxygen atoms in total. The molecule has 2 aromatic carbocycles. The highest BCUT2D eigenvalue weighted by Gasteiger charge is 2.24. The van der Waals surface area contributed by atoms with Crippen LogP contribution in [0.3, 0.4) is 0 Å². The summed E-state index contributed by atoms with van der Waals surface area (Å²) in [5.41, 5.74) is 1.54. The second-order valence-electron chi connectivity index (χ2n) is 6.98. The molecule has 0 aliphatic carbocycles. The van der Waals surface area contributed by atoms with Crippen molar-refractivity contribution in [1.29, 1.82) is 0 Å². The number of benzene rings is 2. The Morgan fingerprint density at radius 3 is 2.27 bits per heavy atom. The smallest absolute Gasteiger partial charge is 0.256 e. The first-order valence-corrected chi connectivity index (χ1v) is 10.1. The van der Waals surface area contributed by atoms with Crippen molar-refractivity contribution in [2.24, 2.45) is 0 Å². The number of halogens is 1. The van der Waals surface area contributed by atoms with Crippen molar-refractivity contribution in [2.75, 3.05) is 36.4 Å². The van der Waals surface area contributed by atoms with Gasteiger partial charge >= 0.3 is 0 Å². The predicted molar refractivity (Wildman–Crippen MR) is 118 cm³/mol. The molecule has 7 heteroatoms. The van der Waals surface area contributed by atoms with Crippen molar-refractivity contribution >= 4 is 34.9 Å². The van der Waals surface area contributed by atoms with Crippen LogP contribution in [0.1, 0.15) is 20.7 Å². The van der Waals surface area contributed by atoms with E-state index in [1.165, 1.54) is 0 Å². The van der Waals surface area contributed by atoms with Crippen LogP contribution in [0.25, 0.3) is 0 Å². The first kappa shape index (κ1) is 19.9. The van der Waals surface area contributed by atoms with Crippen molar-refractivity contribution in [3.63, 3.8) is 0 Å². The molecule has 1 aromatic heterocycles. The van der Waals surface area contributed by atoms with Gasteiger partial charge in [-0.25, -0.2) is 4.98 Å². The SMILES string of the molecule is O=C(Nc1ccccc1C(=O)N1CCN(c2ccc(Cl)cn2)CC1)c1ccccc1. The molecule has 1 aliphatic heterocycles. The minimum Gasteiger partial charge on any atom is -0.353 e. The van der Waals surface area contributed by atoms with Crippen LogP contribution in [0, 0.1) is 0 Å². The molecule has 2 heterocycles. The van der Waals surface area contributed by atoms with Gasteiger partial charge in [0.15, 0.2) is 0 Å². The van der Waals surface area contributed by atoms with Gasteiger partial charge in [0.1, 0.15) is 5.82 Å². The molecular weight excluding hydrogens is 400 g/mol. The van der Waals surface area contributed by atoms with E-state index >= 15 is 0 Å². The summed E-state index contributed by atoms with van der Waals surface area (Å²) in [6.07, 6.45) is 1.63. The highest BCUT2D eigenvalue weighted by Crippen LogP contribution is 2.21. The van der Waals surface area contributed by atoms with E-state index in [-0.39, 0.29) is 11.8 Å². The number of amides is 2. The number of aromatic nitrogens is 1. The van der Waals surface area contributed by atoms with Crippen LogP contribution in [-0.4, -0.2) is 47.9 Å². The number of piperazine rings is 1. The number of hydrogen-bond acceptors (Lipinski definition) is 4. The Morgan fingerprint density at radius 1 is 0.867 bits per heavy atom. The van der Waals surface area contributed by atoms with Crippen LogP contribution in [0.5, 0.6) is 0 Å². The molecule has 0 atom stereocenters. The van der Waals surface area contributed by atoms with Gasteiger partial charge in [-0.2, -0.15) is 0 Å². The number of carbonyl (C=O) groups is 2. The van der Waals surface area contributed by atoms with Crippen molar-refractivity contribution in [3.05, 3.63) is 89.1 Å². The normalized spacial score (nSPS) is 13.8. The Bertz CT molecular complexity index is 1030. The topological polar surface area (TPSA) is 65.5 Å². The summed E-state index contributed by atoms with van der Waals surface area (Å²) in [6, 6.07) is 19.8. The van der Waals surface area contributed by atoms with E-state index in [4.69, 9.17) is 11.6 Å². The average molecular weight is 421 g/mol. The summed E-state index contributed by atoms with van der Waals surface area (Å²) < 4.78 is 0. The predicted octanol–water partition coefficient (Wildman–Crippen LogP) is 3.95. The first-order valence-electron chi connectivity index (χ1n) is 9.73. The molecule has 0 radical (unpaired) electrons. The largest absolute Gasteiger partial charge is 0.353 e. The summed E-state index contributed by atoms with van der Waals surface area (Å²) in [7, 11) is 0. The standard InChI is InChI=1S/C23H21ClN4O2/c24-18-10-11-21(25-16-18)27-12-14-28(15-13-27)23(30)19-8-4-5-9-20(19)26-22(29)17-6-2-1-3-7-17/h1-11,16H,12-15H2,(H,26,29). The van der Waals surface area contributed by atoms with Gasteiger partial charge in [0, 0.05) is 37.9 Å². The van der Waals surface area contributed by atoms with Crippen molar-refractivity contribution in [3.8, 4) is 0 Å². The lowest BCUT2D eigenvalue weighted by Crippen LogP contribution is -2.49.